The minimum absolute atomic E-state index is 0.0631. The molecule has 2 unspecified atom stereocenters. The number of anilines is 1. The monoisotopic (exact) mass is 591 g/mol. The third kappa shape index (κ3) is 6.86. The van der Waals surface area contributed by atoms with Crippen LogP contribution in [0.5, 0.6) is 5.75 Å². The number of carbonyl (C=O) groups excluding carboxylic acids is 1. The van der Waals surface area contributed by atoms with Crippen LogP contribution >= 0.6 is 11.6 Å². The number of nitrogens with one attached hydrogen (secondary N) is 1. The number of aromatic nitrogens is 1. The zero-order valence-electron chi connectivity index (χ0n) is 21.9. The van der Waals surface area contributed by atoms with Crippen molar-refractivity contribution in [2.75, 3.05) is 18.5 Å². The molecule has 218 valence electrons. The molecule has 1 aromatic heterocycles. The van der Waals surface area contributed by atoms with Crippen molar-refractivity contribution in [2.45, 2.75) is 50.2 Å². The number of nitrogens with zero attached hydrogens (tertiary/aromatic N) is 1. The molecule has 0 bridgehead atoms. The number of alkyl halides is 3. The number of pyridine rings is 1. The van der Waals surface area contributed by atoms with Crippen molar-refractivity contribution in [3.05, 3.63) is 81.2 Å². The molecular weight excluding hydrogens is 563 g/mol. The van der Waals surface area contributed by atoms with Crippen LogP contribution in [0.1, 0.15) is 41.2 Å². The summed E-state index contributed by atoms with van der Waals surface area (Å²) in [5, 5.41) is 14.4. The Kier molecular flexibility index (Phi) is 8.30. The quantitative estimate of drug-likeness (QED) is 0.304. The van der Waals surface area contributed by atoms with Crippen LogP contribution in [0, 0.1) is 5.92 Å². The molecule has 1 amide bonds. The van der Waals surface area contributed by atoms with E-state index in [1.807, 2.05) is 0 Å². The van der Waals surface area contributed by atoms with Gasteiger partial charge in [0.1, 0.15) is 18.6 Å². The van der Waals surface area contributed by atoms with Crippen molar-refractivity contribution in [2.24, 2.45) is 11.7 Å². The standard InChI is InChI=1S/C29H29ClF3N3O5/c30-19-4-1-17-11-18(29(31,32)33)15-41-25-14-36(26(37)13-23(25)22(17)12-19)24(9-10-40-21-7-8-21)28(39)35-20-5-2-16(3-6-20)27(34)38/h1-6,12-14,18,21,24,28,35,39H,7-11,15H2,(H2,34,38)/t18-,24?,28?/m1/s1. The first kappa shape index (κ1) is 29.0. The number of primary amides is 1. The average molecular weight is 592 g/mol. The summed E-state index contributed by atoms with van der Waals surface area (Å²) in [7, 11) is 0. The number of hydrogen-bond acceptors (Lipinski definition) is 6. The first-order chi connectivity index (χ1) is 19.5. The maximum Gasteiger partial charge on any atom is 0.395 e. The lowest BCUT2D eigenvalue weighted by Gasteiger charge is -2.29. The Morgan fingerprint density at radius 3 is 2.56 bits per heavy atom. The Morgan fingerprint density at radius 2 is 1.90 bits per heavy atom. The van der Waals surface area contributed by atoms with E-state index in [2.05, 4.69) is 5.32 Å². The molecule has 4 N–H and O–H groups in total. The van der Waals surface area contributed by atoms with Crippen LogP contribution in [-0.4, -0.2) is 47.3 Å². The Bertz CT molecular complexity index is 1470. The molecule has 3 aromatic rings. The van der Waals surface area contributed by atoms with Gasteiger partial charge in [0, 0.05) is 34.5 Å². The van der Waals surface area contributed by atoms with Crippen LogP contribution in [0.15, 0.2) is 59.5 Å². The molecule has 1 aliphatic heterocycles. The van der Waals surface area contributed by atoms with Crippen LogP contribution in [0.3, 0.4) is 0 Å². The first-order valence-corrected chi connectivity index (χ1v) is 13.6. The van der Waals surface area contributed by atoms with Crippen LogP contribution in [0.4, 0.5) is 18.9 Å². The van der Waals surface area contributed by atoms with E-state index in [1.165, 1.54) is 47.2 Å². The summed E-state index contributed by atoms with van der Waals surface area (Å²) in [5.41, 5.74) is 6.65. The number of aliphatic hydroxyl groups is 1. The number of fused-ring (bicyclic) bond motifs is 3. The maximum atomic E-state index is 13.8. The molecule has 5 rings (SSSR count). The minimum atomic E-state index is -4.50. The maximum absolute atomic E-state index is 13.8. The molecule has 2 heterocycles. The molecule has 2 aliphatic rings. The molecule has 3 atom stereocenters. The van der Waals surface area contributed by atoms with Gasteiger partial charge in [0.25, 0.3) is 5.56 Å². The highest BCUT2D eigenvalue weighted by atomic mass is 35.5. The topological polar surface area (TPSA) is 116 Å². The highest BCUT2D eigenvalue weighted by molar-refractivity contribution is 6.30. The van der Waals surface area contributed by atoms with Gasteiger partial charge >= 0.3 is 6.18 Å². The van der Waals surface area contributed by atoms with Crippen LogP contribution < -0.4 is 21.3 Å². The summed E-state index contributed by atoms with van der Waals surface area (Å²) in [6.45, 7) is -0.396. The fourth-order valence-corrected chi connectivity index (χ4v) is 5.02. The Morgan fingerprint density at radius 1 is 1.17 bits per heavy atom. The van der Waals surface area contributed by atoms with Gasteiger partial charge < -0.3 is 30.2 Å². The van der Waals surface area contributed by atoms with E-state index in [9.17, 15) is 27.9 Å². The highest BCUT2D eigenvalue weighted by Crippen LogP contribution is 2.40. The Balaban J connectivity index is 1.51. The second-order valence-corrected chi connectivity index (χ2v) is 10.7. The Hall–Kier alpha value is -3.54. The molecule has 41 heavy (non-hydrogen) atoms. The molecule has 2 aromatic carbocycles. The van der Waals surface area contributed by atoms with Gasteiger partial charge in [-0.1, -0.05) is 17.7 Å². The molecule has 0 spiro atoms. The summed E-state index contributed by atoms with van der Waals surface area (Å²) in [5.74, 6) is -2.31. The Labute approximate surface area is 238 Å². The largest absolute Gasteiger partial charge is 0.491 e. The van der Waals surface area contributed by atoms with E-state index < -0.39 is 42.4 Å². The van der Waals surface area contributed by atoms with E-state index >= 15 is 0 Å². The van der Waals surface area contributed by atoms with E-state index in [0.29, 0.717) is 27.4 Å². The summed E-state index contributed by atoms with van der Waals surface area (Å²) >= 11 is 6.19. The van der Waals surface area contributed by atoms with Crippen molar-refractivity contribution in [1.82, 2.24) is 4.57 Å². The van der Waals surface area contributed by atoms with Gasteiger partial charge in [-0.05, 0) is 73.2 Å². The van der Waals surface area contributed by atoms with E-state index in [1.54, 1.807) is 12.1 Å². The average Bonchev–Trinajstić information content (AvgIpc) is 3.73. The van der Waals surface area contributed by atoms with E-state index in [4.69, 9.17) is 26.8 Å². The smallest absolute Gasteiger partial charge is 0.395 e. The van der Waals surface area contributed by atoms with Crippen molar-refractivity contribution in [3.8, 4) is 16.9 Å². The fraction of sp³-hybridized carbons (Fsp3) is 0.379. The molecular formula is C29H29ClF3N3O5. The van der Waals surface area contributed by atoms with Crippen molar-refractivity contribution < 1.29 is 32.5 Å². The molecule has 8 nitrogen and oxygen atoms in total. The number of carbonyl (C=O) groups is 1. The third-order valence-electron chi connectivity index (χ3n) is 7.27. The zero-order valence-corrected chi connectivity index (χ0v) is 22.6. The number of aliphatic hydroxyl groups excluding tert-OH is 1. The van der Waals surface area contributed by atoms with Crippen LogP contribution in [0.25, 0.3) is 11.1 Å². The number of ether oxygens (including phenoxy) is 2. The van der Waals surface area contributed by atoms with Crippen LogP contribution in [-0.2, 0) is 11.2 Å². The lowest BCUT2D eigenvalue weighted by atomic mass is 9.91. The molecule has 1 fully saturated rings. The van der Waals surface area contributed by atoms with Gasteiger partial charge in [0.05, 0.1) is 24.3 Å². The number of nitrogens with two attached hydrogens (primary N) is 1. The van der Waals surface area contributed by atoms with Crippen molar-refractivity contribution in [1.29, 1.82) is 0 Å². The fourth-order valence-electron chi connectivity index (χ4n) is 4.85. The lowest BCUT2D eigenvalue weighted by Crippen LogP contribution is -2.38. The summed E-state index contributed by atoms with van der Waals surface area (Å²) in [6.07, 6.45) is -2.57. The van der Waals surface area contributed by atoms with Crippen molar-refractivity contribution in [3.63, 3.8) is 0 Å². The summed E-state index contributed by atoms with van der Waals surface area (Å²) in [4.78, 5) is 24.9. The number of hydrogen-bond donors (Lipinski definition) is 3. The van der Waals surface area contributed by atoms with Gasteiger partial charge in [-0.2, -0.15) is 13.2 Å². The zero-order chi connectivity index (χ0) is 29.3. The van der Waals surface area contributed by atoms with Gasteiger partial charge in [-0.3, -0.25) is 9.59 Å². The number of amides is 1. The number of rotatable bonds is 9. The molecule has 1 saturated carbocycles. The van der Waals surface area contributed by atoms with Gasteiger partial charge in [0.15, 0.2) is 0 Å². The van der Waals surface area contributed by atoms with Gasteiger partial charge in [-0.25, -0.2) is 0 Å². The van der Waals surface area contributed by atoms with Crippen LogP contribution in [0.2, 0.25) is 5.02 Å². The van der Waals surface area contributed by atoms with E-state index in [-0.39, 0.29) is 36.9 Å². The number of benzene rings is 2. The normalized spacial score (nSPS) is 18.2. The van der Waals surface area contributed by atoms with E-state index in [0.717, 1.165) is 12.8 Å². The molecule has 12 heteroatoms. The molecule has 0 radical (unpaired) electrons. The third-order valence-corrected chi connectivity index (χ3v) is 7.51. The molecule has 1 aliphatic carbocycles. The first-order valence-electron chi connectivity index (χ1n) is 13.2. The van der Waals surface area contributed by atoms with Gasteiger partial charge in [-0.15, -0.1) is 0 Å². The number of halogens is 4. The predicted molar refractivity (Wildman–Crippen MR) is 147 cm³/mol. The summed E-state index contributed by atoms with van der Waals surface area (Å²) < 4.78 is 54.2. The second-order valence-electron chi connectivity index (χ2n) is 10.3. The minimum Gasteiger partial charge on any atom is -0.491 e. The SMILES string of the molecule is NC(=O)c1ccc(NC(O)C(CCOC2CC2)n2cc3c(cc2=O)-c2cc(Cl)ccc2C[C@@H](C(F)(F)F)CO3)cc1. The van der Waals surface area contributed by atoms with Gasteiger partial charge in [0.2, 0.25) is 5.91 Å². The second kappa shape index (κ2) is 11.8. The highest BCUT2D eigenvalue weighted by Gasteiger charge is 2.41. The lowest BCUT2D eigenvalue weighted by molar-refractivity contribution is -0.181. The molecule has 0 saturated heterocycles. The summed E-state index contributed by atoms with van der Waals surface area (Å²) in [6, 6.07) is 11.1. The predicted octanol–water partition coefficient (Wildman–Crippen LogP) is 4.92. The van der Waals surface area contributed by atoms with Crippen molar-refractivity contribution >= 4 is 23.2 Å².